The monoisotopic (exact) mass is 279 g/mol. The van der Waals surface area contributed by atoms with Crippen LogP contribution in [0.15, 0.2) is 24.7 Å². The van der Waals surface area contributed by atoms with Gasteiger partial charge in [0.25, 0.3) is 5.91 Å². The van der Waals surface area contributed by atoms with Gasteiger partial charge in [-0.05, 0) is 6.07 Å². The highest BCUT2D eigenvalue weighted by Crippen LogP contribution is 2.17. The fourth-order valence-electron chi connectivity index (χ4n) is 1.57. The zero-order chi connectivity index (χ0) is 13.8. The van der Waals surface area contributed by atoms with Crippen LogP contribution in [0.4, 0.5) is 5.82 Å². The Labute approximate surface area is 115 Å². The molecule has 0 aromatic carbocycles. The Bertz CT molecular complexity index is 596. The molecule has 2 aromatic heterocycles. The molecule has 7 heteroatoms. The smallest absolute Gasteiger partial charge is 0.253 e. The standard InChI is InChI=1S/C12H14ClN5O/c1-14-10-5-8(9(13)6-16-10)12(19)17-7-11-15-3-4-18(11)2/h3-6H,7H2,1-2H3,(H,14,16)(H,17,19). The van der Waals surface area contributed by atoms with E-state index in [0.29, 0.717) is 22.9 Å². The number of hydrogen-bond acceptors (Lipinski definition) is 4. The van der Waals surface area contributed by atoms with Crippen LogP contribution in [-0.4, -0.2) is 27.5 Å². The fraction of sp³-hybridized carbons (Fsp3) is 0.250. The zero-order valence-electron chi connectivity index (χ0n) is 10.6. The van der Waals surface area contributed by atoms with Gasteiger partial charge in [-0.15, -0.1) is 0 Å². The third-order valence-corrected chi connectivity index (χ3v) is 2.99. The molecule has 0 aliphatic carbocycles. The second-order valence-electron chi connectivity index (χ2n) is 3.94. The molecular weight excluding hydrogens is 266 g/mol. The summed E-state index contributed by atoms with van der Waals surface area (Å²) in [7, 11) is 3.60. The predicted molar refractivity (Wildman–Crippen MR) is 73.2 cm³/mol. The van der Waals surface area contributed by atoms with Gasteiger partial charge in [-0.25, -0.2) is 9.97 Å². The lowest BCUT2D eigenvalue weighted by Crippen LogP contribution is -2.24. The Morgan fingerprint density at radius 1 is 1.47 bits per heavy atom. The van der Waals surface area contributed by atoms with Crippen molar-refractivity contribution in [1.82, 2.24) is 19.9 Å². The number of pyridine rings is 1. The van der Waals surface area contributed by atoms with Crippen molar-refractivity contribution in [3.63, 3.8) is 0 Å². The summed E-state index contributed by atoms with van der Waals surface area (Å²) >= 11 is 5.97. The van der Waals surface area contributed by atoms with Crippen molar-refractivity contribution in [3.05, 3.63) is 41.1 Å². The highest BCUT2D eigenvalue weighted by Gasteiger charge is 2.12. The number of aromatic nitrogens is 3. The Balaban J connectivity index is 2.10. The summed E-state index contributed by atoms with van der Waals surface area (Å²) in [5, 5.41) is 5.95. The summed E-state index contributed by atoms with van der Waals surface area (Å²) in [6, 6.07) is 1.61. The van der Waals surface area contributed by atoms with Crippen LogP contribution in [0.5, 0.6) is 0 Å². The molecule has 0 fully saturated rings. The van der Waals surface area contributed by atoms with Crippen LogP contribution in [0.1, 0.15) is 16.2 Å². The lowest BCUT2D eigenvalue weighted by Gasteiger charge is -2.08. The molecule has 0 bridgehead atoms. The number of nitrogens with one attached hydrogen (secondary N) is 2. The molecule has 6 nitrogen and oxygen atoms in total. The van der Waals surface area contributed by atoms with Crippen molar-refractivity contribution in [1.29, 1.82) is 0 Å². The first-order chi connectivity index (χ1) is 9.11. The normalized spacial score (nSPS) is 10.3. The molecule has 100 valence electrons. The molecule has 0 radical (unpaired) electrons. The van der Waals surface area contributed by atoms with Gasteiger partial charge in [0.05, 0.1) is 17.1 Å². The number of nitrogens with zero attached hydrogens (tertiary/aromatic N) is 3. The van der Waals surface area contributed by atoms with E-state index in [1.807, 2.05) is 17.8 Å². The van der Waals surface area contributed by atoms with Crippen LogP contribution >= 0.6 is 11.6 Å². The molecule has 19 heavy (non-hydrogen) atoms. The number of rotatable bonds is 4. The Morgan fingerprint density at radius 3 is 2.89 bits per heavy atom. The molecule has 0 saturated heterocycles. The van der Waals surface area contributed by atoms with E-state index in [9.17, 15) is 4.79 Å². The van der Waals surface area contributed by atoms with Gasteiger partial charge in [-0.2, -0.15) is 0 Å². The first kappa shape index (κ1) is 13.4. The third kappa shape index (κ3) is 3.03. The molecule has 2 heterocycles. The van der Waals surface area contributed by atoms with Crippen molar-refractivity contribution in [2.45, 2.75) is 6.54 Å². The van der Waals surface area contributed by atoms with Gasteiger partial charge in [0.1, 0.15) is 11.6 Å². The van der Waals surface area contributed by atoms with Crippen LogP contribution < -0.4 is 10.6 Å². The van der Waals surface area contributed by atoms with Gasteiger partial charge in [0.2, 0.25) is 0 Å². The summed E-state index contributed by atoms with van der Waals surface area (Å²) in [4.78, 5) is 20.2. The number of carbonyl (C=O) groups is 1. The van der Waals surface area contributed by atoms with E-state index >= 15 is 0 Å². The highest BCUT2D eigenvalue weighted by molar-refractivity contribution is 6.33. The zero-order valence-corrected chi connectivity index (χ0v) is 11.4. The number of anilines is 1. The third-order valence-electron chi connectivity index (χ3n) is 2.68. The minimum absolute atomic E-state index is 0.257. The lowest BCUT2D eigenvalue weighted by molar-refractivity contribution is 0.0949. The van der Waals surface area contributed by atoms with E-state index in [1.54, 1.807) is 19.3 Å². The molecule has 0 aliphatic heterocycles. The van der Waals surface area contributed by atoms with Crippen LogP contribution in [0, 0.1) is 0 Å². The lowest BCUT2D eigenvalue weighted by atomic mass is 10.2. The minimum Gasteiger partial charge on any atom is -0.373 e. The largest absolute Gasteiger partial charge is 0.373 e. The number of amides is 1. The van der Waals surface area contributed by atoms with Crippen molar-refractivity contribution >= 4 is 23.3 Å². The van der Waals surface area contributed by atoms with Crippen LogP contribution in [0.2, 0.25) is 5.02 Å². The first-order valence-electron chi connectivity index (χ1n) is 5.69. The van der Waals surface area contributed by atoms with E-state index in [1.165, 1.54) is 6.20 Å². The van der Waals surface area contributed by atoms with E-state index in [0.717, 1.165) is 5.82 Å². The van der Waals surface area contributed by atoms with Crippen molar-refractivity contribution < 1.29 is 4.79 Å². The van der Waals surface area contributed by atoms with Crippen LogP contribution in [0.3, 0.4) is 0 Å². The van der Waals surface area contributed by atoms with Gasteiger partial charge in [0.15, 0.2) is 0 Å². The summed E-state index contributed by atoms with van der Waals surface area (Å²) in [6.07, 6.45) is 4.95. The number of hydrogen-bond donors (Lipinski definition) is 2. The second kappa shape index (κ2) is 5.71. The highest BCUT2D eigenvalue weighted by atomic mass is 35.5. The van der Waals surface area contributed by atoms with Crippen molar-refractivity contribution in [2.75, 3.05) is 12.4 Å². The molecule has 0 aliphatic rings. The van der Waals surface area contributed by atoms with Gasteiger partial charge < -0.3 is 15.2 Å². The minimum atomic E-state index is -0.257. The summed E-state index contributed by atoms with van der Waals surface area (Å²) in [6.45, 7) is 0.343. The van der Waals surface area contributed by atoms with Gasteiger partial charge in [-0.3, -0.25) is 4.79 Å². The van der Waals surface area contributed by atoms with Gasteiger partial charge in [-0.1, -0.05) is 11.6 Å². The van der Waals surface area contributed by atoms with Gasteiger partial charge in [0, 0.05) is 32.7 Å². The van der Waals surface area contributed by atoms with Crippen LogP contribution in [-0.2, 0) is 13.6 Å². The maximum atomic E-state index is 12.1. The van der Waals surface area contributed by atoms with E-state index in [-0.39, 0.29) is 5.91 Å². The van der Waals surface area contributed by atoms with E-state index < -0.39 is 0 Å². The number of imidazole rings is 1. The van der Waals surface area contributed by atoms with E-state index in [2.05, 4.69) is 20.6 Å². The van der Waals surface area contributed by atoms with E-state index in [4.69, 9.17) is 11.6 Å². The van der Waals surface area contributed by atoms with Gasteiger partial charge >= 0.3 is 0 Å². The fourth-order valence-corrected chi connectivity index (χ4v) is 1.76. The van der Waals surface area contributed by atoms with Crippen molar-refractivity contribution in [2.24, 2.45) is 7.05 Å². The number of halogens is 1. The number of carbonyl (C=O) groups excluding carboxylic acids is 1. The summed E-state index contributed by atoms with van der Waals surface area (Å²) in [5.74, 6) is 1.10. The molecule has 2 aromatic rings. The Hall–Kier alpha value is -2.08. The number of aryl methyl sites for hydroxylation is 1. The summed E-state index contributed by atoms with van der Waals surface area (Å²) < 4.78 is 1.84. The molecule has 0 saturated carbocycles. The molecule has 0 spiro atoms. The molecule has 0 atom stereocenters. The molecule has 0 unspecified atom stereocenters. The molecule has 2 rings (SSSR count). The van der Waals surface area contributed by atoms with Crippen LogP contribution in [0.25, 0.3) is 0 Å². The first-order valence-corrected chi connectivity index (χ1v) is 6.07. The molecule has 2 N–H and O–H groups in total. The Morgan fingerprint density at radius 2 is 2.26 bits per heavy atom. The SMILES string of the molecule is CNc1cc(C(=O)NCc2nccn2C)c(Cl)cn1. The maximum absolute atomic E-state index is 12.1. The summed E-state index contributed by atoms with van der Waals surface area (Å²) in [5.41, 5.74) is 0.384. The Kier molecular flexibility index (Phi) is 4.01. The molecular formula is C12H14ClN5O. The topological polar surface area (TPSA) is 71.8 Å². The average molecular weight is 280 g/mol. The predicted octanol–water partition coefficient (Wildman–Crippen LogP) is 1.44. The average Bonchev–Trinajstić information content (AvgIpc) is 2.82. The maximum Gasteiger partial charge on any atom is 0.253 e. The molecule has 1 amide bonds. The quantitative estimate of drug-likeness (QED) is 0.888. The van der Waals surface area contributed by atoms with Crippen molar-refractivity contribution in [3.8, 4) is 0 Å². The second-order valence-corrected chi connectivity index (χ2v) is 4.34.